The van der Waals surface area contributed by atoms with Crippen LogP contribution in [0.25, 0.3) is 0 Å². The van der Waals surface area contributed by atoms with Crippen LogP contribution < -0.4 is 14.4 Å². The maximum Gasteiger partial charge on any atom is 0.251 e. The van der Waals surface area contributed by atoms with Crippen LogP contribution in [0.15, 0.2) is 119 Å². The Balaban J connectivity index is 1.42. The molecular weight excluding hydrogens is 504 g/mol. The standard InChI is InChI=1S/C29H28N2O4S2/c1-37(33,34)31(27-14-8-9-15-28(27)36-26-12-6-3-7-13-26)22-23-16-18-24(19-17-23)29(32)30-20-21-35-25-10-4-2-5-11-25/h2-19H,20-22H2,1H3,(H,30,32). The fourth-order valence-electron chi connectivity index (χ4n) is 3.63. The minimum Gasteiger partial charge on any atom is -0.492 e. The van der Waals surface area contributed by atoms with Gasteiger partial charge in [0.1, 0.15) is 12.4 Å². The Kier molecular flexibility index (Phi) is 8.87. The SMILES string of the molecule is CS(=O)(=O)N(Cc1ccc(C(=O)NCCOc2ccccc2)cc1)c1ccccc1Sc1ccccc1. The van der Waals surface area contributed by atoms with Gasteiger partial charge in [0.2, 0.25) is 10.0 Å². The summed E-state index contributed by atoms with van der Waals surface area (Å²) in [6, 6.07) is 33.7. The Morgan fingerprint density at radius 3 is 2.14 bits per heavy atom. The maximum absolute atomic E-state index is 12.8. The fourth-order valence-corrected chi connectivity index (χ4v) is 5.56. The second kappa shape index (κ2) is 12.5. The van der Waals surface area contributed by atoms with Crippen molar-refractivity contribution in [2.45, 2.75) is 16.3 Å². The van der Waals surface area contributed by atoms with E-state index in [1.54, 1.807) is 24.3 Å². The van der Waals surface area contributed by atoms with Crippen LogP contribution in [-0.4, -0.2) is 33.7 Å². The van der Waals surface area contributed by atoms with Crippen molar-refractivity contribution in [3.05, 3.63) is 120 Å². The number of hydrogen-bond acceptors (Lipinski definition) is 5. The highest BCUT2D eigenvalue weighted by Gasteiger charge is 2.21. The predicted molar refractivity (Wildman–Crippen MR) is 149 cm³/mol. The summed E-state index contributed by atoms with van der Waals surface area (Å²) in [7, 11) is -3.57. The Bertz CT molecular complexity index is 1410. The molecule has 0 aliphatic heterocycles. The minimum atomic E-state index is -3.57. The number of anilines is 1. The molecule has 1 N–H and O–H groups in total. The van der Waals surface area contributed by atoms with Crippen molar-refractivity contribution >= 4 is 33.4 Å². The van der Waals surface area contributed by atoms with Crippen LogP contribution in [0.5, 0.6) is 5.75 Å². The van der Waals surface area contributed by atoms with Crippen molar-refractivity contribution in [3.63, 3.8) is 0 Å². The largest absolute Gasteiger partial charge is 0.492 e. The van der Waals surface area contributed by atoms with Crippen molar-refractivity contribution in [2.24, 2.45) is 0 Å². The van der Waals surface area contributed by atoms with Gasteiger partial charge in [-0.05, 0) is 54.1 Å². The summed E-state index contributed by atoms with van der Waals surface area (Å²) >= 11 is 1.51. The maximum atomic E-state index is 12.8. The van der Waals surface area contributed by atoms with E-state index in [2.05, 4.69) is 5.32 Å². The van der Waals surface area contributed by atoms with Crippen LogP contribution in [0.3, 0.4) is 0 Å². The number of amides is 1. The minimum absolute atomic E-state index is 0.151. The second-order valence-electron chi connectivity index (χ2n) is 8.27. The van der Waals surface area contributed by atoms with Gasteiger partial charge in [-0.15, -0.1) is 0 Å². The zero-order chi connectivity index (χ0) is 26.1. The molecule has 0 aliphatic carbocycles. The highest BCUT2D eigenvalue weighted by molar-refractivity contribution is 7.99. The molecule has 6 nitrogen and oxygen atoms in total. The highest BCUT2D eigenvalue weighted by Crippen LogP contribution is 2.36. The quantitative estimate of drug-likeness (QED) is 0.254. The number of carbonyl (C=O) groups is 1. The number of nitrogens with zero attached hydrogens (tertiary/aromatic N) is 1. The lowest BCUT2D eigenvalue weighted by molar-refractivity contribution is 0.0947. The van der Waals surface area contributed by atoms with E-state index in [1.165, 1.54) is 22.3 Å². The number of hydrogen-bond donors (Lipinski definition) is 1. The Morgan fingerprint density at radius 1 is 0.838 bits per heavy atom. The van der Waals surface area contributed by atoms with Gasteiger partial charge in [-0.3, -0.25) is 9.10 Å². The molecule has 190 valence electrons. The molecule has 0 heterocycles. The van der Waals surface area contributed by atoms with Crippen LogP contribution in [0, 0.1) is 0 Å². The average molecular weight is 533 g/mol. The Morgan fingerprint density at radius 2 is 1.46 bits per heavy atom. The number of para-hydroxylation sites is 2. The van der Waals surface area contributed by atoms with Crippen LogP contribution in [0.2, 0.25) is 0 Å². The van der Waals surface area contributed by atoms with Crippen molar-refractivity contribution < 1.29 is 17.9 Å². The third-order valence-electron chi connectivity index (χ3n) is 5.45. The Labute approximate surface area is 222 Å². The topological polar surface area (TPSA) is 75.7 Å². The second-order valence-corrected chi connectivity index (χ2v) is 11.3. The molecule has 0 aromatic heterocycles. The predicted octanol–water partition coefficient (Wildman–Crippen LogP) is 5.61. The molecule has 37 heavy (non-hydrogen) atoms. The van der Waals surface area contributed by atoms with Gasteiger partial charge in [0.25, 0.3) is 5.91 Å². The number of sulfonamides is 1. The smallest absolute Gasteiger partial charge is 0.251 e. The van der Waals surface area contributed by atoms with E-state index < -0.39 is 10.0 Å². The third kappa shape index (κ3) is 7.62. The molecule has 0 atom stereocenters. The van der Waals surface area contributed by atoms with Crippen molar-refractivity contribution in [1.29, 1.82) is 0 Å². The van der Waals surface area contributed by atoms with Crippen LogP contribution in [-0.2, 0) is 16.6 Å². The van der Waals surface area contributed by atoms with Gasteiger partial charge in [0, 0.05) is 15.4 Å². The van der Waals surface area contributed by atoms with Gasteiger partial charge in [-0.1, -0.05) is 72.4 Å². The molecule has 0 aliphatic rings. The molecule has 0 saturated carbocycles. The average Bonchev–Trinajstić information content (AvgIpc) is 2.91. The molecule has 1 amide bonds. The molecule has 0 fully saturated rings. The first-order valence-electron chi connectivity index (χ1n) is 11.7. The summed E-state index contributed by atoms with van der Waals surface area (Å²) in [6.07, 6.45) is 1.20. The van der Waals surface area contributed by atoms with E-state index >= 15 is 0 Å². The summed E-state index contributed by atoms with van der Waals surface area (Å²) in [5.74, 6) is 0.535. The van der Waals surface area contributed by atoms with Gasteiger partial charge in [-0.2, -0.15) is 0 Å². The summed E-state index contributed by atoms with van der Waals surface area (Å²) < 4.78 is 32.6. The number of rotatable bonds is 11. The van der Waals surface area contributed by atoms with Gasteiger partial charge in [-0.25, -0.2) is 8.42 Å². The van der Waals surface area contributed by atoms with Crippen LogP contribution >= 0.6 is 11.8 Å². The summed E-state index contributed by atoms with van der Waals surface area (Å²) in [5, 5.41) is 2.84. The summed E-state index contributed by atoms with van der Waals surface area (Å²) in [6.45, 7) is 0.878. The molecule has 0 spiro atoms. The van der Waals surface area contributed by atoms with Gasteiger partial charge in [0.05, 0.1) is 25.0 Å². The molecule has 8 heteroatoms. The van der Waals surface area contributed by atoms with E-state index in [-0.39, 0.29) is 12.5 Å². The van der Waals surface area contributed by atoms with Crippen molar-refractivity contribution in [2.75, 3.05) is 23.7 Å². The lowest BCUT2D eigenvalue weighted by Crippen LogP contribution is -2.30. The zero-order valence-electron chi connectivity index (χ0n) is 20.4. The summed E-state index contributed by atoms with van der Waals surface area (Å²) in [5.41, 5.74) is 1.88. The van der Waals surface area contributed by atoms with Crippen LogP contribution in [0.1, 0.15) is 15.9 Å². The molecular formula is C29H28N2O4S2. The highest BCUT2D eigenvalue weighted by atomic mass is 32.2. The molecule has 4 aromatic carbocycles. The van der Waals surface area contributed by atoms with Gasteiger partial charge in [0.15, 0.2) is 0 Å². The molecule has 0 bridgehead atoms. The number of ether oxygens (including phenoxy) is 1. The fraction of sp³-hybridized carbons (Fsp3) is 0.138. The number of benzene rings is 4. The molecule has 4 rings (SSSR count). The Hall–Kier alpha value is -3.75. The first kappa shape index (κ1) is 26.3. The van der Waals surface area contributed by atoms with Crippen LogP contribution in [0.4, 0.5) is 5.69 Å². The van der Waals surface area contributed by atoms with Gasteiger partial charge < -0.3 is 10.1 Å². The van der Waals surface area contributed by atoms with E-state index in [4.69, 9.17) is 4.74 Å². The first-order valence-corrected chi connectivity index (χ1v) is 14.4. The lowest BCUT2D eigenvalue weighted by atomic mass is 10.1. The van der Waals surface area contributed by atoms with E-state index in [9.17, 15) is 13.2 Å². The van der Waals surface area contributed by atoms with E-state index in [0.717, 1.165) is 21.1 Å². The van der Waals surface area contributed by atoms with E-state index in [1.807, 2.05) is 84.9 Å². The molecule has 0 unspecified atom stereocenters. The zero-order valence-corrected chi connectivity index (χ0v) is 22.0. The molecule has 0 radical (unpaired) electrons. The van der Waals surface area contributed by atoms with E-state index in [0.29, 0.717) is 24.4 Å². The number of carbonyl (C=O) groups excluding carboxylic acids is 1. The van der Waals surface area contributed by atoms with Gasteiger partial charge >= 0.3 is 0 Å². The van der Waals surface area contributed by atoms with Crippen molar-refractivity contribution in [1.82, 2.24) is 5.32 Å². The van der Waals surface area contributed by atoms with Crippen molar-refractivity contribution in [3.8, 4) is 5.75 Å². The first-order chi connectivity index (χ1) is 17.9. The number of nitrogens with one attached hydrogen (secondary N) is 1. The normalized spacial score (nSPS) is 11.1. The lowest BCUT2D eigenvalue weighted by Gasteiger charge is -2.25. The monoisotopic (exact) mass is 532 g/mol. The third-order valence-corrected chi connectivity index (χ3v) is 7.65. The summed E-state index contributed by atoms with van der Waals surface area (Å²) in [4.78, 5) is 14.4. The molecule has 0 saturated heterocycles. The molecule has 4 aromatic rings.